The summed E-state index contributed by atoms with van der Waals surface area (Å²) < 4.78 is 5.23. The van der Waals surface area contributed by atoms with Crippen LogP contribution in [-0.4, -0.2) is 37.6 Å². The minimum Gasteiger partial charge on any atom is -0.385 e. The normalized spacial score (nSPS) is 29.2. The van der Waals surface area contributed by atoms with Crippen LogP contribution in [0.25, 0.3) is 0 Å². The first-order chi connectivity index (χ1) is 11.6. The lowest BCUT2D eigenvalue weighted by molar-refractivity contribution is -0.134. The van der Waals surface area contributed by atoms with Gasteiger partial charge < -0.3 is 15.4 Å². The minimum atomic E-state index is -0.237. The Hall–Kier alpha value is -1.10. The summed E-state index contributed by atoms with van der Waals surface area (Å²) in [6, 6.07) is 0.574. The predicted molar refractivity (Wildman–Crippen MR) is 92.4 cm³/mol. The van der Waals surface area contributed by atoms with Crippen LogP contribution in [0.2, 0.25) is 0 Å². The number of amides is 2. The number of ether oxygens (including phenoxy) is 1. The summed E-state index contributed by atoms with van der Waals surface area (Å²) in [4.78, 5) is 25.2. The Labute approximate surface area is 145 Å². The second-order valence-corrected chi connectivity index (χ2v) is 8.05. The number of carbonyl (C=O) groups is 2. The molecule has 3 aliphatic carbocycles. The summed E-state index contributed by atoms with van der Waals surface area (Å²) in [5, 5.41) is 6.41. The molecule has 3 fully saturated rings. The summed E-state index contributed by atoms with van der Waals surface area (Å²) in [6.45, 7) is 0.643. The molecule has 3 aliphatic rings. The second-order valence-electron chi connectivity index (χ2n) is 8.05. The number of carbonyl (C=O) groups excluding carboxylic acids is 2. The number of methoxy groups -OCH3 is 1. The third-order valence-electron chi connectivity index (χ3n) is 6.13. The van der Waals surface area contributed by atoms with Crippen molar-refractivity contribution in [3.05, 3.63) is 0 Å². The topological polar surface area (TPSA) is 67.4 Å². The van der Waals surface area contributed by atoms with E-state index in [0.29, 0.717) is 12.6 Å². The molecule has 0 aromatic rings. The first kappa shape index (κ1) is 17.7. The fourth-order valence-electron chi connectivity index (χ4n) is 4.38. The molecule has 2 amide bonds. The lowest BCUT2D eigenvalue weighted by Crippen LogP contribution is -2.48. The molecule has 5 nitrogen and oxygen atoms in total. The van der Waals surface area contributed by atoms with E-state index in [1.165, 1.54) is 0 Å². The van der Waals surface area contributed by atoms with Gasteiger partial charge in [0.1, 0.15) is 0 Å². The van der Waals surface area contributed by atoms with Crippen molar-refractivity contribution in [2.75, 3.05) is 13.7 Å². The maximum Gasteiger partial charge on any atom is 0.226 e. The van der Waals surface area contributed by atoms with E-state index >= 15 is 0 Å². The smallest absolute Gasteiger partial charge is 0.226 e. The van der Waals surface area contributed by atoms with Crippen molar-refractivity contribution < 1.29 is 14.3 Å². The summed E-state index contributed by atoms with van der Waals surface area (Å²) in [5.74, 6) is 0.472. The van der Waals surface area contributed by atoms with Crippen LogP contribution in [0.1, 0.15) is 70.6 Å². The van der Waals surface area contributed by atoms with Gasteiger partial charge in [0.25, 0.3) is 0 Å². The maximum absolute atomic E-state index is 12.9. The molecule has 0 unspecified atom stereocenters. The van der Waals surface area contributed by atoms with E-state index in [1.807, 2.05) is 0 Å². The van der Waals surface area contributed by atoms with Crippen molar-refractivity contribution >= 4 is 11.8 Å². The van der Waals surface area contributed by atoms with E-state index in [-0.39, 0.29) is 29.2 Å². The minimum absolute atomic E-state index is 0.0724. The molecule has 0 saturated heterocycles. The SMILES string of the molecule is COCCC1(C(=O)N[C@H]2CCC[C@H](C(=O)NC3CC3)C2)CCCC1. The van der Waals surface area contributed by atoms with Gasteiger partial charge >= 0.3 is 0 Å². The highest BCUT2D eigenvalue weighted by Gasteiger charge is 2.42. The molecule has 3 saturated carbocycles. The van der Waals surface area contributed by atoms with Crippen molar-refractivity contribution in [1.29, 1.82) is 0 Å². The monoisotopic (exact) mass is 336 g/mol. The lowest BCUT2D eigenvalue weighted by atomic mass is 9.80. The molecular formula is C19H32N2O3. The first-order valence-electron chi connectivity index (χ1n) is 9.73. The molecule has 2 atom stereocenters. The Balaban J connectivity index is 1.53. The molecule has 136 valence electrons. The van der Waals surface area contributed by atoms with Gasteiger partial charge in [-0.3, -0.25) is 9.59 Å². The Bertz CT molecular complexity index is 456. The fraction of sp³-hybridized carbons (Fsp3) is 0.895. The molecule has 0 aliphatic heterocycles. The molecular weight excluding hydrogens is 304 g/mol. The van der Waals surface area contributed by atoms with Gasteiger partial charge in [0.2, 0.25) is 11.8 Å². The van der Waals surface area contributed by atoms with Crippen LogP contribution in [0.5, 0.6) is 0 Å². The van der Waals surface area contributed by atoms with Crippen LogP contribution < -0.4 is 10.6 Å². The van der Waals surface area contributed by atoms with Crippen molar-refractivity contribution in [2.45, 2.75) is 82.7 Å². The quantitative estimate of drug-likeness (QED) is 0.751. The van der Waals surface area contributed by atoms with Gasteiger partial charge in [0.05, 0.1) is 5.41 Å². The molecule has 0 aromatic carbocycles. The Morgan fingerprint density at radius 1 is 1.00 bits per heavy atom. The Morgan fingerprint density at radius 3 is 2.42 bits per heavy atom. The predicted octanol–water partition coefficient (Wildman–Crippen LogP) is 2.54. The van der Waals surface area contributed by atoms with Gasteiger partial charge in [-0.15, -0.1) is 0 Å². The van der Waals surface area contributed by atoms with Crippen LogP contribution in [-0.2, 0) is 14.3 Å². The van der Waals surface area contributed by atoms with Crippen LogP contribution in [0.3, 0.4) is 0 Å². The highest BCUT2D eigenvalue weighted by molar-refractivity contribution is 5.83. The summed E-state index contributed by atoms with van der Waals surface area (Å²) in [6.07, 6.45) is 11.1. The van der Waals surface area contributed by atoms with Crippen LogP contribution >= 0.6 is 0 Å². The first-order valence-corrected chi connectivity index (χ1v) is 9.73. The number of hydrogen-bond acceptors (Lipinski definition) is 3. The molecule has 0 heterocycles. The van der Waals surface area contributed by atoms with Gasteiger partial charge in [-0.2, -0.15) is 0 Å². The molecule has 0 bridgehead atoms. The summed E-state index contributed by atoms with van der Waals surface area (Å²) >= 11 is 0. The highest BCUT2D eigenvalue weighted by Crippen LogP contribution is 2.41. The molecule has 2 N–H and O–H groups in total. The Kier molecular flexibility index (Phi) is 5.80. The van der Waals surface area contributed by atoms with Crippen LogP contribution in [0.15, 0.2) is 0 Å². The van der Waals surface area contributed by atoms with Crippen molar-refractivity contribution in [3.63, 3.8) is 0 Å². The Morgan fingerprint density at radius 2 is 1.75 bits per heavy atom. The molecule has 5 heteroatoms. The largest absolute Gasteiger partial charge is 0.385 e. The lowest BCUT2D eigenvalue weighted by Gasteiger charge is -2.33. The number of nitrogens with one attached hydrogen (secondary N) is 2. The van der Waals surface area contributed by atoms with E-state index in [4.69, 9.17) is 4.74 Å². The fourth-order valence-corrected chi connectivity index (χ4v) is 4.38. The van der Waals surface area contributed by atoms with E-state index in [2.05, 4.69) is 10.6 Å². The van der Waals surface area contributed by atoms with Crippen molar-refractivity contribution in [3.8, 4) is 0 Å². The summed E-state index contributed by atoms with van der Waals surface area (Å²) in [7, 11) is 1.70. The van der Waals surface area contributed by atoms with Gasteiger partial charge in [-0.05, 0) is 51.4 Å². The van der Waals surface area contributed by atoms with Gasteiger partial charge in [0.15, 0.2) is 0 Å². The third-order valence-corrected chi connectivity index (χ3v) is 6.13. The van der Waals surface area contributed by atoms with E-state index in [0.717, 1.165) is 70.6 Å². The average molecular weight is 336 g/mol. The highest BCUT2D eigenvalue weighted by atomic mass is 16.5. The van der Waals surface area contributed by atoms with E-state index in [1.54, 1.807) is 7.11 Å². The molecule has 0 spiro atoms. The van der Waals surface area contributed by atoms with Crippen LogP contribution in [0, 0.1) is 11.3 Å². The standard InChI is InChI=1S/C19H32N2O3/c1-24-12-11-19(9-2-3-10-19)18(23)21-16-6-4-5-14(13-16)17(22)20-15-7-8-15/h14-16H,2-13H2,1H3,(H,20,22)(H,21,23)/t14-,16-/m0/s1. The summed E-state index contributed by atoms with van der Waals surface area (Å²) in [5.41, 5.74) is -0.237. The second kappa shape index (κ2) is 7.85. The molecule has 3 rings (SSSR count). The zero-order valence-electron chi connectivity index (χ0n) is 14.9. The number of hydrogen-bond donors (Lipinski definition) is 2. The van der Waals surface area contributed by atoms with E-state index in [9.17, 15) is 9.59 Å². The molecule has 24 heavy (non-hydrogen) atoms. The van der Waals surface area contributed by atoms with E-state index < -0.39 is 0 Å². The van der Waals surface area contributed by atoms with Gasteiger partial charge in [-0.1, -0.05) is 19.3 Å². The van der Waals surface area contributed by atoms with Crippen molar-refractivity contribution in [2.24, 2.45) is 11.3 Å². The van der Waals surface area contributed by atoms with Gasteiger partial charge in [-0.25, -0.2) is 0 Å². The van der Waals surface area contributed by atoms with Gasteiger partial charge in [0, 0.05) is 31.7 Å². The average Bonchev–Trinajstić information content (AvgIpc) is 3.26. The number of rotatable bonds is 7. The maximum atomic E-state index is 12.9. The third kappa shape index (κ3) is 4.29. The zero-order valence-corrected chi connectivity index (χ0v) is 14.9. The van der Waals surface area contributed by atoms with Crippen molar-refractivity contribution in [1.82, 2.24) is 10.6 Å². The molecule has 0 radical (unpaired) electrons. The zero-order chi connectivity index (χ0) is 17.0. The molecule has 0 aromatic heterocycles. The van der Waals surface area contributed by atoms with Crippen LogP contribution in [0.4, 0.5) is 0 Å².